The summed E-state index contributed by atoms with van der Waals surface area (Å²) in [5.74, 6) is 1.87. The highest BCUT2D eigenvalue weighted by molar-refractivity contribution is 5.73. The fourth-order valence-electron chi connectivity index (χ4n) is 3.50. The van der Waals surface area contributed by atoms with Crippen molar-refractivity contribution in [3.8, 4) is 11.1 Å². The van der Waals surface area contributed by atoms with Crippen molar-refractivity contribution >= 4 is 11.6 Å². The number of rotatable bonds is 3. The lowest BCUT2D eigenvalue weighted by atomic mass is 9.96. The zero-order valence-electron chi connectivity index (χ0n) is 14.8. The summed E-state index contributed by atoms with van der Waals surface area (Å²) in [6, 6.07) is 8.29. The van der Waals surface area contributed by atoms with Crippen LogP contribution < -0.4 is 9.80 Å². The molecule has 4 rings (SSSR count). The van der Waals surface area contributed by atoms with Crippen LogP contribution in [0.3, 0.4) is 0 Å². The van der Waals surface area contributed by atoms with Gasteiger partial charge in [0.2, 0.25) is 0 Å². The lowest BCUT2D eigenvalue weighted by molar-refractivity contribution is 0.0305. The second kappa shape index (κ2) is 6.28. The molecule has 2 aliphatic heterocycles. The van der Waals surface area contributed by atoms with Gasteiger partial charge in [-0.2, -0.15) is 0 Å². The predicted molar refractivity (Wildman–Crippen MR) is 98.1 cm³/mol. The Morgan fingerprint density at radius 2 is 1.80 bits per heavy atom. The molecule has 0 atom stereocenters. The second-order valence-electron chi connectivity index (χ2n) is 7.16. The molecule has 0 amide bonds. The van der Waals surface area contributed by atoms with Crippen molar-refractivity contribution < 1.29 is 9.84 Å². The van der Waals surface area contributed by atoms with E-state index in [1.165, 1.54) is 0 Å². The van der Waals surface area contributed by atoms with Gasteiger partial charge in [0.05, 0.1) is 18.8 Å². The van der Waals surface area contributed by atoms with Crippen molar-refractivity contribution in [2.45, 2.75) is 19.4 Å². The van der Waals surface area contributed by atoms with E-state index in [1.807, 2.05) is 26.1 Å². The van der Waals surface area contributed by atoms with Crippen LogP contribution in [0.4, 0.5) is 11.6 Å². The third-order valence-corrected chi connectivity index (χ3v) is 4.84. The van der Waals surface area contributed by atoms with Crippen LogP contribution in [0.1, 0.15) is 12.6 Å². The fraction of sp³-hybridized carbons (Fsp3) is 0.474. The molecule has 2 aromatic rings. The lowest BCUT2D eigenvalue weighted by Gasteiger charge is -2.45. The van der Waals surface area contributed by atoms with Crippen LogP contribution in [0.15, 0.2) is 30.5 Å². The van der Waals surface area contributed by atoms with Crippen molar-refractivity contribution in [3.63, 3.8) is 0 Å². The van der Waals surface area contributed by atoms with E-state index in [9.17, 15) is 5.11 Å². The topological polar surface area (TPSA) is 61.7 Å². The number of β-amino-alcohol motifs (C(OH)–C–C–N with tert-alkyl or cyclic N) is 1. The van der Waals surface area contributed by atoms with Gasteiger partial charge >= 0.3 is 0 Å². The lowest BCUT2D eigenvalue weighted by Crippen LogP contribution is -2.60. The summed E-state index contributed by atoms with van der Waals surface area (Å²) in [6.45, 7) is 8.26. The monoisotopic (exact) mass is 340 g/mol. The molecule has 0 bridgehead atoms. The number of hydrogen-bond donors (Lipinski definition) is 1. The predicted octanol–water partition coefficient (Wildman–Crippen LogP) is 1.86. The Labute approximate surface area is 148 Å². The van der Waals surface area contributed by atoms with Crippen LogP contribution in [0.25, 0.3) is 11.1 Å². The zero-order chi connectivity index (χ0) is 17.4. The average molecular weight is 340 g/mol. The van der Waals surface area contributed by atoms with Crippen molar-refractivity contribution in [2.24, 2.45) is 0 Å². The minimum absolute atomic E-state index is 0.609. The van der Waals surface area contributed by atoms with Crippen LogP contribution in [-0.2, 0) is 4.74 Å². The number of aromatic nitrogens is 2. The molecule has 6 heteroatoms. The first-order valence-corrected chi connectivity index (χ1v) is 8.76. The standard InChI is InChI=1S/C19H24N4O2/c1-14-16(4-3-5-20-14)15-10-17(22-6-8-25-9-7-22)21-18(11-15)23-12-19(2,24)13-23/h3-5,10-11,24H,6-9,12-13H2,1-2H3. The first-order chi connectivity index (χ1) is 12.0. The van der Waals surface area contributed by atoms with Crippen molar-refractivity contribution in [3.05, 3.63) is 36.2 Å². The molecule has 2 aliphatic rings. The van der Waals surface area contributed by atoms with Gasteiger partial charge in [-0.3, -0.25) is 4.98 Å². The molecule has 132 valence electrons. The highest BCUT2D eigenvalue weighted by Gasteiger charge is 2.37. The summed E-state index contributed by atoms with van der Waals surface area (Å²) in [4.78, 5) is 13.7. The molecule has 0 unspecified atom stereocenters. The molecular weight excluding hydrogens is 316 g/mol. The van der Waals surface area contributed by atoms with Gasteiger partial charge in [0.1, 0.15) is 11.6 Å². The Morgan fingerprint density at radius 3 is 2.44 bits per heavy atom. The normalized spacial score (nSPS) is 19.6. The molecule has 1 N–H and O–H groups in total. The number of nitrogens with zero attached hydrogens (tertiary/aromatic N) is 4. The molecular formula is C19H24N4O2. The van der Waals surface area contributed by atoms with E-state index in [-0.39, 0.29) is 0 Å². The van der Waals surface area contributed by atoms with E-state index in [0.29, 0.717) is 13.1 Å². The number of hydrogen-bond acceptors (Lipinski definition) is 6. The van der Waals surface area contributed by atoms with Gasteiger partial charge in [-0.25, -0.2) is 4.98 Å². The minimum atomic E-state index is -0.624. The summed E-state index contributed by atoms with van der Waals surface area (Å²) < 4.78 is 5.47. The van der Waals surface area contributed by atoms with E-state index in [2.05, 4.69) is 33.0 Å². The van der Waals surface area contributed by atoms with Gasteiger partial charge in [0, 0.05) is 43.6 Å². The molecule has 4 heterocycles. The number of morpholine rings is 1. The number of aryl methyl sites for hydroxylation is 1. The molecule has 0 radical (unpaired) electrons. The summed E-state index contributed by atoms with van der Waals surface area (Å²) >= 11 is 0. The Balaban J connectivity index is 1.74. The SMILES string of the molecule is Cc1ncccc1-c1cc(N2CCOCC2)nc(N2CC(C)(O)C2)c1. The third kappa shape index (κ3) is 3.32. The van der Waals surface area contributed by atoms with Gasteiger partial charge in [0.25, 0.3) is 0 Å². The Morgan fingerprint density at radius 1 is 1.12 bits per heavy atom. The molecule has 6 nitrogen and oxygen atoms in total. The summed E-state index contributed by atoms with van der Waals surface area (Å²) in [5, 5.41) is 10.1. The quantitative estimate of drug-likeness (QED) is 0.920. The molecule has 0 spiro atoms. The molecule has 0 aromatic carbocycles. The molecule has 2 fully saturated rings. The third-order valence-electron chi connectivity index (χ3n) is 4.84. The number of pyridine rings is 2. The Kier molecular flexibility index (Phi) is 4.09. The van der Waals surface area contributed by atoms with Crippen LogP contribution >= 0.6 is 0 Å². The zero-order valence-corrected chi connectivity index (χ0v) is 14.8. The van der Waals surface area contributed by atoms with E-state index >= 15 is 0 Å². The molecule has 0 saturated carbocycles. The fourth-order valence-corrected chi connectivity index (χ4v) is 3.50. The van der Waals surface area contributed by atoms with Gasteiger partial charge in [-0.15, -0.1) is 0 Å². The Bertz CT molecular complexity index is 764. The maximum Gasteiger partial charge on any atom is 0.131 e. The number of anilines is 2. The molecule has 2 saturated heterocycles. The van der Waals surface area contributed by atoms with Crippen molar-refractivity contribution in [2.75, 3.05) is 49.2 Å². The van der Waals surface area contributed by atoms with Crippen LogP contribution in [0, 0.1) is 6.92 Å². The van der Waals surface area contributed by atoms with Gasteiger partial charge in [-0.05, 0) is 37.6 Å². The highest BCUT2D eigenvalue weighted by Crippen LogP contribution is 2.33. The highest BCUT2D eigenvalue weighted by atomic mass is 16.5. The van der Waals surface area contributed by atoms with Gasteiger partial charge in [0.15, 0.2) is 0 Å². The van der Waals surface area contributed by atoms with E-state index < -0.39 is 5.60 Å². The summed E-state index contributed by atoms with van der Waals surface area (Å²) in [5.41, 5.74) is 2.61. The average Bonchev–Trinajstić information content (AvgIpc) is 2.60. The van der Waals surface area contributed by atoms with E-state index in [0.717, 1.165) is 54.8 Å². The van der Waals surface area contributed by atoms with Crippen molar-refractivity contribution in [1.82, 2.24) is 9.97 Å². The molecule has 0 aliphatic carbocycles. The first kappa shape index (κ1) is 16.3. The van der Waals surface area contributed by atoms with E-state index in [1.54, 1.807) is 0 Å². The van der Waals surface area contributed by atoms with Crippen LogP contribution in [-0.4, -0.2) is 60.1 Å². The van der Waals surface area contributed by atoms with Crippen LogP contribution in [0.5, 0.6) is 0 Å². The number of ether oxygens (including phenoxy) is 1. The number of aliphatic hydroxyl groups is 1. The van der Waals surface area contributed by atoms with Crippen LogP contribution in [0.2, 0.25) is 0 Å². The largest absolute Gasteiger partial charge is 0.386 e. The summed E-state index contributed by atoms with van der Waals surface area (Å²) in [6.07, 6.45) is 1.82. The van der Waals surface area contributed by atoms with Gasteiger partial charge in [-0.1, -0.05) is 6.07 Å². The first-order valence-electron chi connectivity index (χ1n) is 8.76. The van der Waals surface area contributed by atoms with E-state index in [4.69, 9.17) is 9.72 Å². The van der Waals surface area contributed by atoms with Crippen molar-refractivity contribution in [1.29, 1.82) is 0 Å². The minimum Gasteiger partial charge on any atom is -0.386 e. The Hall–Kier alpha value is -2.18. The second-order valence-corrected chi connectivity index (χ2v) is 7.16. The summed E-state index contributed by atoms with van der Waals surface area (Å²) in [7, 11) is 0. The molecule has 25 heavy (non-hydrogen) atoms. The van der Waals surface area contributed by atoms with Gasteiger partial charge < -0.3 is 19.6 Å². The maximum absolute atomic E-state index is 10.1. The smallest absolute Gasteiger partial charge is 0.131 e. The maximum atomic E-state index is 10.1. The molecule has 2 aromatic heterocycles.